The molecule has 3 N–H and O–H groups in total. The summed E-state index contributed by atoms with van der Waals surface area (Å²) in [5, 5.41) is 8.21. The number of hydrogen-bond acceptors (Lipinski definition) is 8. The van der Waals surface area contributed by atoms with E-state index in [1.54, 1.807) is 27.7 Å². The molecule has 3 fully saturated rings. The standard InChI is InChI=1S/C36H46F2N4O7/c1-5-47-31(44)35(17-19-36(37,38)20-18-35)26-16-15-25(39-33(46)49-34(2,3)4)29(40-26)42-30(43)28(27(23-11-12-23)24-13-14-24)41-32(45)48-21-22-9-7-6-8-10-22/h6-10,15-16,23-24,27-28H,5,11-14,17-21H2,1-4H3,(H,39,46)(H,41,45)(H,40,42,43). The fourth-order valence-electron chi connectivity index (χ4n) is 6.53. The van der Waals surface area contributed by atoms with Gasteiger partial charge in [-0.1, -0.05) is 30.3 Å². The molecule has 1 aromatic carbocycles. The van der Waals surface area contributed by atoms with Crippen LogP contribution in [0.2, 0.25) is 0 Å². The third-order valence-electron chi connectivity index (χ3n) is 9.25. The first-order valence-electron chi connectivity index (χ1n) is 17.0. The minimum Gasteiger partial charge on any atom is -0.465 e. The molecule has 11 nitrogen and oxygen atoms in total. The van der Waals surface area contributed by atoms with Crippen LogP contribution in [-0.2, 0) is 35.8 Å². The first-order chi connectivity index (χ1) is 23.2. The monoisotopic (exact) mass is 684 g/mol. The molecule has 0 radical (unpaired) electrons. The van der Waals surface area contributed by atoms with Crippen molar-refractivity contribution in [2.45, 2.75) is 109 Å². The van der Waals surface area contributed by atoms with Crippen molar-refractivity contribution in [1.82, 2.24) is 10.3 Å². The number of pyridine rings is 1. The summed E-state index contributed by atoms with van der Waals surface area (Å²) in [6.07, 6.45) is 0.603. The van der Waals surface area contributed by atoms with Gasteiger partial charge in [0.2, 0.25) is 11.8 Å². The zero-order chi connectivity index (χ0) is 35.4. The lowest BCUT2D eigenvalue weighted by Crippen LogP contribution is -2.50. The van der Waals surface area contributed by atoms with Crippen molar-refractivity contribution in [2.24, 2.45) is 17.8 Å². The number of rotatable bonds is 12. The van der Waals surface area contributed by atoms with Crippen LogP contribution in [0.15, 0.2) is 42.5 Å². The van der Waals surface area contributed by atoms with E-state index >= 15 is 0 Å². The molecule has 3 saturated carbocycles. The van der Waals surface area contributed by atoms with E-state index in [0.29, 0.717) is 0 Å². The van der Waals surface area contributed by atoms with E-state index in [1.165, 1.54) is 12.1 Å². The molecule has 5 rings (SSSR count). The van der Waals surface area contributed by atoms with Gasteiger partial charge in [0, 0.05) is 12.8 Å². The SMILES string of the molecule is CCOC(=O)C1(c2ccc(NC(=O)OC(C)(C)C)c(NC(=O)C(NC(=O)OCc3ccccc3)C(C3CC3)C3CC3)n2)CCC(F)(F)CC1. The number of carbonyl (C=O) groups excluding carboxylic acids is 4. The van der Waals surface area contributed by atoms with Gasteiger partial charge in [-0.25, -0.2) is 23.4 Å². The highest BCUT2D eigenvalue weighted by Crippen LogP contribution is 2.51. The molecule has 1 atom stereocenters. The summed E-state index contributed by atoms with van der Waals surface area (Å²) in [6.45, 7) is 6.77. The largest absolute Gasteiger partial charge is 0.465 e. The van der Waals surface area contributed by atoms with E-state index in [0.717, 1.165) is 31.2 Å². The van der Waals surface area contributed by atoms with E-state index in [-0.39, 0.29) is 61.0 Å². The minimum atomic E-state index is -2.94. The Morgan fingerprint density at radius 1 is 0.878 bits per heavy atom. The average molecular weight is 685 g/mol. The summed E-state index contributed by atoms with van der Waals surface area (Å²) in [5.74, 6) is -4.01. The first kappa shape index (κ1) is 36.0. The number of nitrogens with zero attached hydrogens (tertiary/aromatic N) is 1. The number of alkyl carbamates (subject to hydrolysis) is 1. The van der Waals surface area contributed by atoms with Crippen LogP contribution in [0, 0.1) is 17.8 Å². The number of halogens is 2. The Hall–Kier alpha value is -4.29. The third-order valence-corrected chi connectivity index (χ3v) is 9.25. The number of amides is 3. The van der Waals surface area contributed by atoms with E-state index in [2.05, 4.69) is 20.9 Å². The van der Waals surface area contributed by atoms with E-state index in [9.17, 15) is 28.0 Å². The predicted octanol–water partition coefficient (Wildman–Crippen LogP) is 7.11. The average Bonchev–Trinajstić information content (AvgIpc) is 3.97. The Balaban J connectivity index is 1.46. The normalized spacial score (nSPS) is 18.9. The quantitative estimate of drug-likeness (QED) is 0.159. The smallest absolute Gasteiger partial charge is 0.412 e. The van der Waals surface area contributed by atoms with Crippen molar-refractivity contribution in [2.75, 3.05) is 17.2 Å². The van der Waals surface area contributed by atoms with Gasteiger partial charge in [0.1, 0.15) is 23.7 Å². The summed E-state index contributed by atoms with van der Waals surface area (Å²) in [7, 11) is 0. The number of benzene rings is 1. The van der Waals surface area contributed by atoms with Gasteiger partial charge in [0.05, 0.1) is 18.0 Å². The molecule has 0 bridgehead atoms. The zero-order valence-electron chi connectivity index (χ0n) is 28.5. The Morgan fingerprint density at radius 2 is 1.51 bits per heavy atom. The number of carbonyl (C=O) groups is 4. The lowest BCUT2D eigenvalue weighted by atomic mass is 9.70. The van der Waals surface area contributed by atoms with Gasteiger partial charge >= 0.3 is 18.2 Å². The molecule has 1 unspecified atom stereocenters. The van der Waals surface area contributed by atoms with Gasteiger partial charge in [-0.15, -0.1) is 0 Å². The van der Waals surface area contributed by atoms with Crippen LogP contribution in [0.25, 0.3) is 0 Å². The maximum Gasteiger partial charge on any atom is 0.412 e. The maximum absolute atomic E-state index is 14.3. The molecule has 2 aromatic rings. The molecule has 266 valence electrons. The topological polar surface area (TPSA) is 145 Å². The predicted molar refractivity (Wildman–Crippen MR) is 177 cm³/mol. The number of hydrogen-bond donors (Lipinski definition) is 3. The summed E-state index contributed by atoms with van der Waals surface area (Å²) in [6, 6.07) is 11.1. The minimum absolute atomic E-state index is 0.0150. The zero-order valence-corrected chi connectivity index (χ0v) is 28.5. The highest BCUT2D eigenvalue weighted by molar-refractivity contribution is 6.00. The van der Waals surface area contributed by atoms with Crippen LogP contribution in [0.1, 0.15) is 90.3 Å². The molecule has 0 aliphatic heterocycles. The van der Waals surface area contributed by atoms with Crippen molar-refractivity contribution >= 4 is 35.6 Å². The Labute approximate surface area is 285 Å². The van der Waals surface area contributed by atoms with Crippen molar-refractivity contribution in [3.05, 3.63) is 53.7 Å². The first-order valence-corrected chi connectivity index (χ1v) is 17.0. The van der Waals surface area contributed by atoms with Crippen LogP contribution < -0.4 is 16.0 Å². The van der Waals surface area contributed by atoms with Gasteiger partial charge in [-0.05, 0) is 102 Å². The number of ether oxygens (including phenoxy) is 3. The lowest BCUT2D eigenvalue weighted by molar-refractivity contribution is -0.155. The second-order valence-electron chi connectivity index (χ2n) is 14.3. The summed E-state index contributed by atoms with van der Waals surface area (Å²) >= 11 is 0. The molecule has 3 aliphatic carbocycles. The fraction of sp³-hybridized carbons (Fsp3) is 0.583. The number of anilines is 2. The summed E-state index contributed by atoms with van der Waals surface area (Å²) in [5.41, 5.74) is -1.36. The van der Waals surface area contributed by atoms with Crippen molar-refractivity contribution in [1.29, 1.82) is 0 Å². The number of aromatic nitrogens is 1. The number of alkyl halides is 2. The number of nitrogens with one attached hydrogen (secondary N) is 3. The van der Waals surface area contributed by atoms with Crippen molar-refractivity contribution in [3.63, 3.8) is 0 Å². The molecule has 49 heavy (non-hydrogen) atoms. The van der Waals surface area contributed by atoms with Crippen LogP contribution in [0.5, 0.6) is 0 Å². The molecule has 13 heteroatoms. The Morgan fingerprint density at radius 3 is 2.08 bits per heavy atom. The van der Waals surface area contributed by atoms with E-state index in [1.807, 2.05) is 30.3 Å². The summed E-state index contributed by atoms with van der Waals surface area (Å²) in [4.78, 5) is 58.2. The molecule has 3 amide bonds. The molecule has 1 aromatic heterocycles. The highest BCUT2D eigenvalue weighted by atomic mass is 19.3. The van der Waals surface area contributed by atoms with Gasteiger partial charge in [-0.3, -0.25) is 14.9 Å². The van der Waals surface area contributed by atoms with Gasteiger partial charge < -0.3 is 24.8 Å². The second kappa shape index (κ2) is 14.7. The lowest BCUT2D eigenvalue weighted by Gasteiger charge is -2.37. The molecule has 0 spiro atoms. The van der Waals surface area contributed by atoms with Crippen LogP contribution >= 0.6 is 0 Å². The fourth-order valence-corrected chi connectivity index (χ4v) is 6.53. The van der Waals surface area contributed by atoms with Crippen LogP contribution in [0.4, 0.5) is 29.9 Å². The van der Waals surface area contributed by atoms with Gasteiger partial charge in [0.25, 0.3) is 0 Å². The van der Waals surface area contributed by atoms with Crippen LogP contribution in [-0.4, -0.2) is 53.2 Å². The molecular weight excluding hydrogens is 638 g/mol. The summed E-state index contributed by atoms with van der Waals surface area (Å²) < 4.78 is 44.9. The molecule has 3 aliphatic rings. The highest BCUT2D eigenvalue weighted by Gasteiger charge is 2.52. The van der Waals surface area contributed by atoms with E-state index < -0.39 is 59.9 Å². The van der Waals surface area contributed by atoms with Gasteiger partial charge in [0.15, 0.2) is 5.82 Å². The Kier molecular flexibility index (Phi) is 10.8. The van der Waals surface area contributed by atoms with Crippen molar-refractivity contribution in [3.8, 4) is 0 Å². The maximum atomic E-state index is 14.3. The Bertz CT molecular complexity index is 1500. The molecule has 0 saturated heterocycles. The molecular formula is C36H46F2N4O7. The second-order valence-corrected chi connectivity index (χ2v) is 14.3. The van der Waals surface area contributed by atoms with E-state index in [4.69, 9.17) is 14.2 Å². The number of esters is 1. The third kappa shape index (κ3) is 9.45. The van der Waals surface area contributed by atoms with Gasteiger partial charge in [-0.2, -0.15) is 0 Å². The van der Waals surface area contributed by atoms with Crippen molar-refractivity contribution < 1.29 is 42.2 Å². The molecule has 1 heterocycles. The van der Waals surface area contributed by atoms with Crippen LogP contribution in [0.3, 0.4) is 0 Å².